The normalized spacial score (nSPS) is 18.6. The van der Waals surface area contributed by atoms with E-state index in [1.54, 1.807) is 4.90 Å². The zero-order chi connectivity index (χ0) is 19.2. The summed E-state index contributed by atoms with van der Waals surface area (Å²) in [5, 5.41) is 11.9. The predicted octanol–water partition coefficient (Wildman–Crippen LogP) is 1.67. The van der Waals surface area contributed by atoms with Crippen LogP contribution in [0.4, 0.5) is 0 Å². The number of hydrogen-bond acceptors (Lipinski definition) is 4. The minimum atomic E-state index is -0.961. The number of carbonyl (C=O) groups excluding carboxylic acids is 2. The van der Waals surface area contributed by atoms with Gasteiger partial charge in [0.15, 0.2) is 0 Å². The minimum absolute atomic E-state index is 0.0196. The number of carboxylic acids is 1. The first kappa shape index (κ1) is 19.2. The Balaban J connectivity index is 1.38. The molecule has 0 spiro atoms. The number of nitrogens with one attached hydrogen (secondary N) is 1. The highest BCUT2D eigenvalue weighted by Crippen LogP contribution is 2.33. The second-order valence-electron chi connectivity index (χ2n) is 7.23. The molecule has 1 aromatic carbocycles. The Hall–Kier alpha value is -2.57. The Morgan fingerprint density at radius 2 is 1.78 bits per heavy atom. The Labute approximate surface area is 158 Å². The Morgan fingerprint density at radius 1 is 1.11 bits per heavy atom. The van der Waals surface area contributed by atoms with E-state index in [-0.39, 0.29) is 23.7 Å². The van der Waals surface area contributed by atoms with Crippen molar-refractivity contribution in [3.8, 4) is 5.75 Å². The van der Waals surface area contributed by atoms with E-state index >= 15 is 0 Å². The molecule has 2 N–H and O–H groups in total. The van der Waals surface area contributed by atoms with Crippen molar-refractivity contribution < 1.29 is 24.2 Å². The molecule has 1 atom stereocenters. The number of amides is 2. The van der Waals surface area contributed by atoms with Crippen LogP contribution in [0.15, 0.2) is 30.3 Å². The molecule has 146 valence electrons. The van der Waals surface area contributed by atoms with Gasteiger partial charge in [-0.3, -0.25) is 9.59 Å². The number of hydrogen-bond donors (Lipinski definition) is 2. The molecule has 1 aliphatic heterocycles. The minimum Gasteiger partial charge on any atom is -0.493 e. The average molecular weight is 374 g/mol. The molecular weight excluding hydrogens is 348 g/mol. The zero-order valence-electron chi connectivity index (χ0n) is 15.3. The highest BCUT2D eigenvalue weighted by molar-refractivity contribution is 5.85. The molecule has 3 rings (SSSR count). The van der Waals surface area contributed by atoms with E-state index in [9.17, 15) is 19.5 Å². The molecule has 0 bridgehead atoms. The lowest BCUT2D eigenvalue weighted by Crippen LogP contribution is -2.48. The number of benzene rings is 1. The van der Waals surface area contributed by atoms with E-state index in [0.29, 0.717) is 39.0 Å². The molecule has 7 nitrogen and oxygen atoms in total. The van der Waals surface area contributed by atoms with Crippen LogP contribution in [-0.2, 0) is 14.4 Å². The Morgan fingerprint density at radius 3 is 2.37 bits per heavy atom. The second-order valence-corrected chi connectivity index (χ2v) is 7.23. The van der Waals surface area contributed by atoms with E-state index in [0.717, 1.165) is 18.6 Å². The lowest BCUT2D eigenvalue weighted by atomic mass is 9.95. The van der Waals surface area contributed by atoms with Crippen molar-refractivity contribution in [1.29, 1.82) is 0 Å². The van der Waals surface area contributed by atoms with Crippen molar-refractivity contribution in [3.05, 3.63) is 30.3 Å². The summed E-state index contributed by atoms with van der Waals surface area (Å²) in [6.07, 6.45) is 3.14. The van der Waals surface area contributed by atoms with Crippen LogP contribution in [0.3, 0.4) is 0 Å². The van der Waals surface area contributed by atoms with E-state index in [1.165, 1.54) is 0 Å². The van der Waals surface area contributed by atoms with Gasteiger partial charge in [-0.2, -0.15) is 0 Å². The molecule has 1 aromatic rings. The van der Waals surface area contributed by atoms with Crippen molar-refractivity contribution in [2.75, 3.05) is 19.7 Å². The van der Waals surface area contributed by atoms with E-state index in [4.69, 9.17) is 4.74 Å². The van der Waals surface area contributed by atoms with Gasteiger partial charge in [0.05, 0.1) is 13.0 Å². The molecule has 2 aliphatic rings. The molecule has 0 aromatic heterocycles. The third-order valence-electron chi connectivity index (χ3n) is 5.20. The summed E-state index contributed by atoms with van der Waals surface area (Å²) in [5.74, 6) is -0.561. The standard InChI is InChI=1S/C20H26N2O5/c23-17(10-13-27-16-4-2-1-3-5-16)22-11-8-15(9-12-22)19(24)21-18(20(25)26)14-6-7-14/h1-5,14-15,18H,6-13H2,(H,21,24)(H,25,26). The van der Waals surface area contributed by atoms with E-state index in [2.05, 4.69) is 5.32 Å². The fourth-order valence-electron chi connectivity index (χ4n) is 3.40. The van der Waals surface area contributed by atoms with Gasteiger partial charge in [0.25, 0.3) is 0 Å². The molecule has 27 heavy (non-hydrogen) atoms. The average Bonchev–Trinajstić information content (AvgIpc) is 3.51. The van der Waals surface area contributed by atoms with Crippen LogP contribution in [0, 0.1) is 11.8 Å². The van der Waals surface area contributed by atoms with Crippen LogP contribution in [0.5, 0.6) is 5.75 Å². The number of para-hydroxylation sites is 1. The number of rotatable bonds is 8. The summed E-state index contributed by atoms with van der Waals surface area (Å²) < 4.78 is 5.55. The van der Waals surface area contributed by atoms with Crippen molar-refractivity contribution in [2.45, 2.75) is 38.1 Å². The van der Waals surface area contributed by atoms with Crippen molar-refractivity contribution in [2.24, 2.45) is 11.8 Å². The van der Waals surface area contributed by atoms with Crippen LogP contribution < -0.4 is 10.1 Å². The van der Waals surface area contributed by atoms with Crippen molar-refractivity contribution in [1.82, 2.24) is 10.2 Å². The van der Waals surface area contributed by atoms with Gasteiger partial charge in [0, 0.05) is 19.0 Å². The van der Waals surface area contributed by atoms with Gasteiger partial charge >= 0.3 is 5.97 Å². The third kappa shape index (κ3) is 5.45. The highest BCUT2D eigenvalue weighted by atomic mass is 16.5. The molecule has 0 radical (unpaired) electrons. The fourth-order valence-corrected chi connectivity index (χ4v) is 3.40. The molecule has 1 heterocycles. The van der Waals surface area contributed by atoms with Gasteiger partial charge in [-0.25, -0.2) is 4.79 Å². The first-order valence-corrected chi connectivity index (χ1v) is 9.53. The summed E-state index contributed by atoms with van der Waals surface area (Å²) in [6, 6.07) is 8.59. The summed E-state index contributed by atoms with van der Waals surface area (Å²) >= 11 is 0. The van der Waals surface area contributed by atoms with E-state index < -0.39 is 12.0 Å². The quantitative estimate of drug-likeness (QED) is 0.722. The summed E-state index contributed by atoms with van der Waals surface area (Å²) in [4.78, 5) is 37.7. The molecule has 2 amide bonds. The van der Waals surface area contributed by atoms with Crippen molar-refractivity contribution in [3.63, 3.8) is 0 Å². The van der Waals surface area contributed by atoms with Gasteiger partial charge in [-0.1, -0.05) is 18.2 Å². The fraction of sp³-hybridized carbons (Fsp3) is 0.550. The zero-order valence-corrected chi connectivity index (χ0v) is 15.3. The summed E-state index contributed by atoms with van der Waals surface area (Å²) in [7, 11) is 0. The largest absolute Gasteiger partial charge is 0.493 e. The van der Waals surface area contributed by atoms with Gasteiger partial charge < -0.3 is 20.1 Å². The number of carbonyl (C=O) groups is 3. The molecule has 7 heteroatoms. The second kappa shape index (κ2) is 8.88. The topological polar surface area (TPSA) is 95.9 Å². The van der Waals surface area contributed by atoms with Crippen LogP contribution in [0.1, 0.15) is 32.1 Å². The molecule has 1 saturated carbocycles. The SMILES string of the molecule is O=C(NC(C(=O)O)C1CC1)C1CCN(C(=O)CCOc2ccccc2)CC1. The van der Waals surface area contributed by atoms with Gasteiger partial charge in [0.1, 0.15) is 11.8 Å². The highest BCUT2D eigenvalue weighted by Gasteiger charge is 2.38. The van der Waals surface area contributed by atoms with Crippen LogP contribution in [0.25, 0.3) is 0 Å². The lowest BCUT2D eigenvalue weighted by molar-refractivity contribution is -0.143. The summed E-state index contributed by atoms with van der Waals surface area (Å²) in [6.45, 7) is 1.36. The Kier molecular flexibility index (Phi) is 6.32. The monoisotopic (exact) mass is 374 g/mol. The maximum atomic E-state index is 12.4. The van der Waals surface area contributed by atoms with Crippen LogP contribution in [0.2, 0.25) is 0 Å². The first-order valence-electron chi connectivity index (χ1n) is 9.53. The summed E-state index contributed by atoms with van der Waals surface area (Å²) in [5.41, 5.74) is 0. The predicted molar refractivity (Wildman–Crippen MR) is 98.1 cm³/mol. The van der Waals surface area contributed by atoms with Crippen LogP contribution in [-0.4, -0.2) is 53.5 Å². The Bertz CT molecular complexity index is 666. The number of ether oxygens (including phenoxy) is 1. The molecule has 2 fully saturated rings. The lowest BCUT2D eigenvalue weighted by Gasteiger charge is -2.32. The maximum absolute atomic E-state index is 12.4. The van der Waals surface area contributed by atoms with Gasteiger partial charge in [0.2, 0.25) is 11.8 Å². The van der Waals surface area contributed by atoms with Gasteiger partial charge in [-0.15, -0.1) is 0 Å². The number of aliphatic carboxylic acids is 1. The first-order chi connectivity index (χ1) is 13.0. The number of piperidine rings is 1. The number of nitrogens with zero attached hydrogens (tertiary/aromatic N) is 1. The smallest absolute Gasteiger partial charge is 0.326 e. The maximum Gasteiger partial charge on any atom is 0.326 e. The molecule has 1 unspecified atom stereocenters. The van der Waals surface area contributed by atoms with Gasteiger partial charge in [-0.05, 0) is 43.7 Å². The third-order valence-corrected chi connectivity index (χ3v) is 5.20. The number of carboxylic acid groups (broad SMARTS) is 1. The van der Waals surface area contributed by atoms with E-state index in [1.807, 2.05) is 30.3 Å². The molecule has 1 saturated heterocycles. The molecular formula is C20H26N2O5. The van der Waals surface area contributed by atoms with Crippen molar-refractivity contribution >= 4 is 17.8 Å². The van der Waals surface area contributed by atoms with Crippen LogP contribution >= 0.6 is 0 Å². The molecule has 1 aliphatic carbocycles. The number of likely N-dealkylation sites (tertiary alicyclic amines) is 1.